The Morgan fingerprint density at radius 1 is 1.18 bits per heavy atom. The van der Waals surface area contributed by atoms with Crippen LogP contribution in [0.15, 0.2) is 34.9 Å². The van der Waals surface area contributed by atoms with E-state index in [1.807, 2.05) is 24.5 Å². The SMILES string of the molecule is CC(C)NCCNCc1coc2ccccc12. The monoisotopic (exact) mass is 232 g/mol. The van der Waals surface area contributed by atoms with Crippen molar-refractivity contribution in [3.63, 3.8) is 0 Å². The number of para-hydroxylation sites is 1. The molecule has 3 heteroatoms. The van der Waals surface area contributed by atoms with Crippen LogP contribution in [0.5, 0.6) is 0 Å². The smallest absolute Gasteiger partial charge is 0.134 e. The van der Waals surface area contributed by atoms with Crippen LogP contribution < -0.4 is 10.6 Å². The molecule has 0 fully saturated rings. The molecule has 2 aromatic rings. The van der Waals surface area contributed by atoms with Crippen molar-refractivity contribution in [2.45, 2.75) is 26.4 Å². The molecule has 0 unspecified atom stereocenters. The van der Waals surface area contributed by atoms with Crippen molar-refractivity contribution < 1.29 is 4.42 Å². The first-order valence-electron chi connectivity index (χ1n) is 6.16. The fraction of sp³-hybridized carbons (Fsp3) is 0.429. The summed E-state index contributed by atoms with van der Waals surface area (Å²) in [5.41, 5.74) is 2.19. The molecule has 1 aromatic carbocycles. The maximum Gasteiger partial charge on any atom is 0.134 e. The molecular weight excluding hydrogens is 212 g/mol. The van der Waals surface area contributed by atoms with Gasteiger partial charge in [0.25, 0.3) is 0 Å². The Kier molecular flexibility index (Phi) is 4.18. The molecule has 0 spiro atoms. The molecule has 0 atom stereocenters. The molecule has 3 nitrogen and oxygen atoms in total. The minimum Gasteiger partial charge on any atom is -0.464 e. The molecule has 0 bridgehead atoms. The quantitative estimate of drug-likeness (QED) is 0.751. The van der Waals surface area contributed by atoms with Crippen LogP contribution >= 0.6 is 0 Å². The normalized spacial score (nSPS) is 11.5. The lowest BCUT2D eigenvalue weighted by atomic mass is 10.2. The number of furan rings is 1. The summed E-state index contributed by atoms with van der Waals surface area (Å²) in [5.74, 6) is 0. The molecule has 0 aliphatic rings. The van der Waals surface area contributed by atoms with Gasteiger partial charge in [0.2, 0.25) is 0 Å². The van der Waals surface area contributed by atoms with E-state index in [1.165, 1.54) is 10.9 Å². The molecule has 0 aliphatic carbocycles. The van der Waals surface area contributed by atoms with Gasteiger partial charge < -0.3 is 15.1 Å². The van der Waals surface area contributed by atoms with Crippen molar-refractivity contribution in [1.29, 1.82) is 0 Å². The summed E-state index contributed by atoms with van der Waals surface area (Å²) in [6.07, 6.45) is 1.84. The first kappa shape index (κ1) is 12.1. The van der Waals surface area contributed by atoms with Crippen molar-refractivity contribution in [2.24, 2.45) is 0 Å². The summed E-state index contributed by atoms with van der Waals surface area (Å²) in [6.45, 7) is 7.13. The van der Waals surface area contributed by atoms with Crippen molar-refractivity contribution in [3.8, 4) is 0 Å². The standard InChI is InChI=1S/C14H20N2O/c1-11(2)16-8-7-15-9-12-10-17-14-6-4-3-5-13(12)14/h3-6,10-11,15-16H,7-9H2,1-2H3. The largest absolute Gasteiger partial charge is 0.464 e. The summed E-state index contributed by atoms with van der Waals surface area (Å²) in [5, 5.41) is 7.99. The Bertz CT molecular complexity index is 462. The predicted molar refractivity (Wildman–Crippen MR) is 71.1 cm³/mol. The van der Waals surface area contributed by atoms with E-state index in [1.54, 1.807) is 0 Å². The van der Waals surface area contributed by atoms with E-state index >= 15 is 0 Å². The summed E-state index contributed by atoms with van der Waals surface area (Å²) in [6, 6.07) is 8.69. The van der Waals surface area contributed by atoms with Crippen molar-refractivity contribution >= 4 is 11.0 Å². The van der Waals surface area contributed by atoms with Gasteiger partial charge in [0.15, 0.2) is 0 Å². The zero-order chi connectivity index (χ0) is 12.1. The Morgan fingerprint density at radius 3 is 2.82 bits per heavy atom. The van der Waals surface area contributed by atoms with E-state index < -0.39 is 0 Å². The Hall–Kier alpha value is -1.32. The average Bonchev–Trinajstić information content (AvgIpc) is 2.72. The van der Waals surface area contributed by atoms with E-state index in [9.17, 15) is 0 Å². The highest BCUT2D eigenvalue weighted by Crippen LogP contribution is 2.20. The van der Waals surface area contributed by atoms with Gasteiger partial charge in [-0.2, -0.15) is 0 Å². The fourth-order valence-corrected chi connectivity index (χ4v) is 1.84. The lowest BCUT2D eigenvalue weighted by Gasteiger charge is -2.08. The van der Waals surface area contributed by atoms with Gasteiger partial charge in [-0.05, 0) is 6.07 Å². The highest BCUT2D eigenvalue weighted by molar-refractivity contribution is 5.80. The summed E-state index contributed by atoms with van der Waals surface area (Å²) in [4.78, 5) is 0. The van der Waals surface area contributed by atoms with E-state index in [0.717, 1.165) is 25.2 Å². The number of benzene rings is 1. The number of hydrogen-bond acceptors (Lipinski definition) is 3. The van der Waals surface area contributed by atoms with Gasteiger partial charge >= 0.3 is 0 Å². The lowest BCUT2D eigenvalue weighted by Crippen LogP contribution is -2.31. The van der Waals surface area contributed by atoms with Crippen LogP contribution in [-0.4, -0.2) is 19.1 Å². The van der Waals surface area contributed by atoms with Crippen LogP contribution in [0.1, 0.15) is 19.4 Å². The van der Waals surface area contributed by atoms with Crippen LogP contribution in [0, 0.1) is 0 Å². The van der Waals surface area contributed by atoms with Crippen LogP contribution in [-0.2, 0) is 6.54 Å². The second-order valence-corrected chi connectivity index (χ2v) is 4.54. The fourth-order valence-electron chi connectivity index (χ4n) is 1.84. The molecule has 17 heavy (non-hydrogen) atoms. The Morgan fingerprint density at radius 2 is 2.00 bits per heavy atom. The number of nitrogens with one attached hydrogen (secondary N) is 2. The molecule has 2 rings (SSSR count). The van der Waals surface area contributed by atoms with Gasteiger partial charge in [-0.25, -0.2) is 0 Å². The molecule has 0 saturated carbocycles. The van der Waals surface area contributed by atoms with Gasteiger partial charge in [0.05, 0.1) is 6.26 Å². The second kappa shape index (κ2) is 5.84. The van der Waals surface area contributed by atoms with Gasteiger partial charge in [0.1, 0.15) is 5.58 Å². The minimum absolute atomic E-state index is 0.548. The summed E-state index contributed by atoms with van der Waals surface area (Å²) < 4.78 is 5.49. The Balaban J connectivity index is 1.83. The lowest BCUT2D eigenvalue weighted by molar-refractivity contribution is 0.552. The maximum absolute atomic E-state index is 5.49. The average molecular weight is 232 g/mol. The van der Waals surface area contributed by atoms with Crippen LogP contribution in [0.3, 0.4) is 0 Å². The van der Waals surface area contributed by atoms with Crippen molar-refractivity contribution in [1.82, 2.24) is 10.6 Å². The van der Waals surface area contributed by atoms with Crippen LogP contribution in [0.4, 0.5) is 0 Å². The molecular formula is C14H20N2O. The molecule has 0 radical (unpaired) electrons. The van der Waals surface area contributed by atoms with Crippen LogP contribution in [0.2, 0.25) is 0 Å². The minimum atomic E-state index is 0.548. The van der Waals surface area contributed by atoms with E-state index in [0.29, 0.717) is 6.04 Å². The van der Waals surface area contributed by atoms with Gasteiger partial charge in [-0.15, -0.1) is 0 Å². The van der Waals surface area contributed by atoms with E-state index in [-0.39, 0.29) is 0 Å². The first-order valence-corrected chi connectivity index (χ1v) is 6.16. The predicted octanol–water partition coefficient (Wildman–Crippen LogP) is 2.52. The van der Waals surface area contributed by atoms with Crippen molar-refractivity contribution in [2.75, 3.05) is 13.1 Å². The second-order valence-electron chi connectivity index (χ2n) is 4.54. The third-order valence-corrected chi connectivity index (χ3v) is 2.73. The topological polar surface area (TPSA) is 37.2 Å². The molecule has 1 aromatic heterocycles. The number of hydrogen-bond donors (Lipinski definition) is 2. The first-order chi connectivity index (χ1) is 8.27. The molecule has 0 saturated heterocycles. The molecule has 92 valence electrons. The highest BCUT2D eigenvalue weighted by Gasteiger charge is 2.03. The Labute approximate surface area is 102 Å². The maximum atomic E-state index is 5.49. The van der Waals surface area contributed by atoms with Gasteiger partial charge in [0, 0.05) is 36.6 Å². The third kappa shape index (κ3) is 3.32. The zero-order valence-electron chi connectivity index (χ0n) is 10.5. The van der Waals surface area contributed by atoms with Gasteiger partial charge in [-0.1, -0.05) is 32.0 Å². The summed E-state index contributed by atoms with van der Waals surface area (Å²) >= 11 is 0. The van der Waals surface area contributed by atoms with Gasteiger partial charge in [-0.3, -0.25) is 0 Å². The van der Waals surface area contributed by atoms with Crippen molar-refractivity contribution in [3.05, 3.63) is 36.1 Å². The number of fused-ring (bicyclic) bond motifs is 1. The third-order valence-electron chi connectivity index (χ3n) is 2.73. The molecule has 2 N–H and O–H groups in total. The molecule has 1 heterocycles. The van der Waals surface area contributed by atoms with E-state index in [2.05, 4.69) is 30.5 Å². The zero-order valence-corrected chi connectivity index (χ0v) is 10.5. The number of rotatable bonds is 6. The van der Waals surface area contributed by atoms with E-state index in [4.69, 9.17) is 4.42 Å². The van der Waals surface area contributed by atoms with Crippen LogP contribution in [0.25, 0.3) is 11.0 Å². The summed E-state index contributed by atoms with van der Waals surface area (Å²) in [7, 11) is 0. The molecule has 0 aliphatic heterocycles. The molecule has 0 amide bonds. The highest BCUT2D eigenvalue weighted by atomic mass is 16.3.